The third-order valence-electron chi connectivity index (χ3n) is 2.98. The van der Waals surface area contributed by atoms with E-state index in [-0.39, 0.29) is 5.41 Å². The number of thiophene rings is 1. The number of hydrogen-bond acceptors (Lipinski definition) is 1. The molecule has 0 radical (unpaired) electrons. The van der Waals surface area contributed by atoms with E-state index < -0.39 is 0 Å². The molecule has 2 heterocycles. The number of hydrogen-bond donors (Lipinski definition) is 0. The smallest absolute Gasteiger partial charge is 0.00113 e. The molecular formula is C14H14S2. The highest BCUT2D eigenvalue weighted by Gasteiger charge is 2.23. The Kier molecular flexibility index (Phi) is 2.13. The second kappa shape index (κ2) is 3.31. The van der Waals surface area contributed by atoms with Gasteiger partial charge in [-0.2, -0.15) is 22.3 Å². The van der Waals surface area contributed by atoms with Crippen molar-refractivity contribution in [3.8, 4) is 0 Å². The van der Waals surface area contributed by atoms with E-state index in [1.165, 1.54) is 27.5 Å². The van der Waals surface area contributed by atoms with Gasteiger partial charge >= 0.3 is 0 Å². The van der Waals surface area contributed by atoms with Crippen molar-refractivity contribution in [3.05, 3.63) is 33.5 Å². The Labute approximate surface area is 103 Å². The first-order valence-corrected chi connectivity index (χ1v) is 7.31. The predicted octanol–water partition coefficient (Wildman–Crippen LogP) is 4.25. The van der Waals surface area contributed by atoms with Crippen LogP contribution in [-0.2, 0) is 5.41 Å². The summed E-state index contributed by atoms with van der Waals surface area (Å²) >= 11 is 1.80. The highest BCUT2D eigenvalue weighted by molar-refractivity contribution is 7.97. The number of fused-ring (bicyclic) bond motifs is 2. The van der Waals surface area contributed by atoms with E-state index in [2.05, 4.69) is 48.3 Å². The Morgan fingerprint density at radius 2 is 1.88 bits per heavy atom. The summed E-state index contributed by atoms with van der Waals surface area (Å²) < 4.78 is 0. The van der Waals surface area contributed by atoms with Crippen LogP contribution in [-0.4, -0.2) is 10.7 Å². The Bertz CT molecular complexity index is 633. The van der Waals surface area contributed by atoms with Gasteiger partial charge in [0.15, 0.2) is 0 Å². The fourth-order valence-corrected chi connectivity index (χ4v) is 3.96. The van der Waals surface area contributed by atoms with E-state index in [1.807, 2.05) is 0 Å². The Hall–Kier alpha value is -0.860. The minimum atomic E-state index is 0.208. The SMILES string of the molecule is CC(C)(C)c1c2c(cc3cscc13)C=S=C2. The van der Waals surface area contributed by atoms with Crippen LogP contribution in [0.2, 0.25) is 0 Å². The highest BCUT2D eigenvalue weighted by Crippen LogP contribution is 2.36. The lowest BCUT2D eigenvalue weighted by Gasteiger charge is -2.23. The van der Waals surface area contributed by atoms with E-state index in [0.717, 1.165) is 0 Å². The molecule has 2 aromatic rings. The number of benzene rings is 1. The molecule has 0 nitrogen and oxygen atoms in total. The van der Waals surface area contributed by atoms with Crippen molar-refractivity contribution in [1.82, 2.24) is 0 Å². The van der Waals surface area contributed by atoms with Crippen LogP contribution in [0.25, 0.3) is 10.8 Å². The van der Waals surface area contributed by atoms with Crippen molar-refractivity contribution in [1.29, 1.82) is 0 Å². The van der Waals surface area contributed by atoms with E-state index >= 15 is 0 Å². The lowest BCUT2D eigenvalue weighted by Crippen LogP contribution is -2.15. The summed E-state index contributed by atoms with van der Waals surface area (Å²) in [5.74, 6) is 0. The lowest BCUT2D eigenvalue weighted by atomic mass is 9.80. The quantitative estimate of drug-likeness (QED) is 0.520. The van der Waals surface area contributed by atoms with Crippen LogP contribution >= 0.6 is 22.3 Å². The average Bonchev–Trinajstić information content (AvgIpc) is 2.77. The first-order valence-electron chi connectivity index (χ1n) is 5.42. The second-order valence-electron chi connectivity index (χ2n) is 5.25. The fourth-order valence-electron chi connectivity index (χ4n) is 2.36. The molecule has 1 aromatic carbocycles. The zero-order valence-electron chi connectivity index (χ0n) is 9.70. The van der Waals surface area contributed by atoms with Crippen LogP contribution in [0.3, 0.4) is 0 Å². The largest absolute Gasteiger partial charge is 0.151 e. The summed E-state index contributed by atoms with van der Waals surface area (Å²) in [5, 5.41) is 11.9. The zero-order chi connectivity index (χ0) is 11.3. The number of rotatable bonds is 0. The van der Waals surface area contributed by atoms with Gasteiger partial charge in [0, 0.05) is 0 Å². The molecule has 0 spiro atoms. The molecule has 3 rings (SSSR count). The molecule has 0 bridgehead atoms. The highest BCUT2D eigenvalue weighted by atomic mass is 32.1. The molecule has 82 valence electrons. The van der Waals surface area contributed by atoms with Crippen molar-refractivity contribution >= 4 is 43.8 Å². The summed E-state index contributed by atoms with van der Waals surface area (Å²) in [7, 11) is 1.80. The monoisotopic (exact) mass is 246 g/mol. The summed E-state index contributed by atoms with van der Waals surface area (Å²) in [6.45, 7) is 6.91. The molecule has 1 aromatic heterocycles. The van der Waals surface area contributed by atoms with Crippen molar-refractivity contribution < 1.29 is 0 Å². The molecule has 0 fully saturated rings. The van der Waals surface area contributed by atoms with Gasteiger partial charge < -0.3 is 0 Å². The van der Waals surface area contributed by atoms with Gasteiger partial charge in [0.25, 0.3) is 0 Å². The van der Waals surface area contributed by atoms with Crippen molar-refractivity contribution in [2.45, 2.75) is 26.2 Å². The van der Waals surface area contributed by atoms with Crippen LogP contribution in [0.4, 0.5) is 0 Å². The van der Waals surface area contributed by atoms with Gasteiger partial charge in [0.1, 0.15) is 0 Å². The van der Waals surface area contributed by atoms with E-state index in [1.54, 1.807) is 22.3 Å². The minimum absolute atomic E-state index is 0.208. The molecule has 0 aliphatic carbocycles. The molecule has 1 aliphatic heterocycles. The van der Waals surface area contributed by atoms with Gasteiger partial charge in [0.2, 0.25) is 0 Å². The molecule has 0 saturated carbocycles. The van der Waals surface area contributed by atoms with Gasteiger partial charge in [-0.1, -0.05) is 20.8 Å². The molecule has 0 N–H and O–H groups in total. The Morgan fingerprint density at radius 1 is 1.06 bits per heavy atom. The van der Waals surface area contributed by atoms with E-state index in [9.17, 15) is 0 Å². The molecular weight excluding hydrogens is 232 g/mol. The topological polar surface area (TPSA) is 0 Å². The van der Waals surface area contributed by atoms with Crippen LogP contribution in [0, 0.1) is 0 Å². The lowest BCUT2D eigenvalue weighted by molar-refractivity contribution is 0.595. The Morgan fingerprint density at radius 3 is 2.62 bits per heavy atom. The molecule has 0 saturated heterocycles. The van der Waals surface area contributed by atoms with Crippen LogP contribution in [0.5, 0.6) is 0 Å². The normalized spacial score (nSPS) is 14.2. The van der Waals surface area contributed by atoms with Crippen molar-refractivity contribution in [2.75, 3.05) is 0 Å². The first kappa shape index (κ1) is 10.3. The predicted molar refractivity (Wildman–Crippen MR) is 78.4 cm³/mol. The van der Waals surface area contributed by atoms with Crippen LogP contribution < -0.4 is 0 Å². The first-order chi connectivity index (χ1) is 7.57. The van der Waals surface area contributed by atoms with Crippen molar-refractivity contribution in [2.24, 2.45) is 0 Å². The molecule has 0 amide bonds. The molecule has 1 aliphatic rings. The average molecular weight is 246 g/mol. The Balaban J connectivity index is 2.48. The van der Waals surface area contributed by atoms with E-state index in [4.69, 9.17) is 0 Å². The standard InChI is InChI=1S/C14H14S2/c1-14(2,3)13-11-7-15-5-9(11)4-10-6-16-8-12(10)13/h4-8H,1-3H3. The summed E-state index contributed by atoms with van der Waals surface area (Å²) in [4.78, 5) is 0. The molecule has 16 heavy (non-hydrogen) atoms. The van der Waals surface area contributed by atoms with Gasteiger partial charge in [-0.05, 0) is 60.4 Å². The van der Waals surface area contributed by atoms with Gasteiger partial charge in [-0.25, -0.2) is 0 Å². The maximum absolute atomic E-state index is 2.31. The zero-order valence-corrected chi connectivity index (χ0v) is 11.3. The van der Waals surface area contributed by atoms with Crippen LogP contribution in [0.1, 0.15) is 37.5 Å². The summed E-state index contributed by atoms with van der Waals surface area (Å²) in [5.41, 5.74) is 4.53. The fraction of sp³-hybridized carbons (Fsp3) is 0.286. The van der Waals surface area contributed by atoms with Crippen LogP contribution in [0.15, 0.2) is 16.8 Å². The van der Waals surface area contributed by atoms with Gasteiger partial charge in [0.05, 0.1) is 0 Å². The maximum Gasteiger partial charge on any atom is -0.00113 e. The minimum Gasteiger partial charge on any atom is -0.151 e. The molecule has 0 unspecified atom stereocenters. The summed E-state index contributed by atoms with van der Waals surface area (Å²) in [6, 6.07) is 2.31. The maximum atomic E-state index is 2.31. The van der Waals surface area contributed by atoms with Crippen molar-refractivity contribution in [3.63, 3.8) is 0 Å². The molecule has 0 atom stereocenters. The second-order valence-corrected chi connectivity index (χ2v) is 6.74. The molecule has 2 heteroatoms. The van der Waals surface area contributed by atoms with E-state index in [0.29, 0.717) is 0 Å². The van der Waals surface area contributed by atoms with Gasteiger partial charge in [-0.3, -0.25) is 0 Å². The third kappa shape index (κ3) is 1.40. The summed E-state index contributed by atoms with van der Waals surface area (Å²) in [6.07, 6.45) is 0. The third-order valence-corrected chi connectivity index (χ3v) is 4.51. The van der Waals surface area contributed by atoms with Gasteiger partial charge in [-0.15, -0.1) is 0 Å².